The first-order valence-electron chi connectivity index (χ1n) is 6.86. The van der Waals surface area contributed by atoms with Crippen molar-refractivity contribution in [3.63, 3.8) is 0 Å². The molecule has 1 rings (SSSR count). The molecule has 0 aliphatic carbocycles. The molecule has 0 atom stereocenters. The number of amides is 2. The summed E-state index contributed by atoms with van der Waals surface area (Å²) in [6.07, 6.45) is 0. The van der Waals surface area contributed by atoms with Gasteiger partial charge in [-0.2, -0.15) is 0 Å². The third kappa shape index (κ3) is 5.19. The summed E-state index contributed by atoms with van der Waals surface area (Å²) >= 11 is 5.88. The minimum absolute atomic E-state index is 0.0103. The third-order valence-electron chi connectivity index (χ3n) is 2.91. The molecule has 23 heavy (non-hydrogen) atoms. The third-order valence-corrected chi connectivity index (χ3v) is 4.81. The number of halogens is 1. The molecular weight excluding hydrogens is 342 g/mol. The van der Waals surface area contributed by atoms with Gasteiger partial charge in [0.2, 0.25) is 15.9 Å². The van der Waals surface area contributed by atoms with Gasteiger partial charge in [-0.1, -0.05) is 11.6 Å². The fourth-order valence-corrected chi connectivity index (χ4v) is 3.08. The van der Waals surface area contributed by atoms with Crippen molar-refractivity contribution < 1.29 is 18.0 Å². The summed E-state index contributed by atoms with van der Waals surface area (Å²) in [6, 6.07) is 3.90. The largest absolute Gasteiger partial charge is 0.352 e. The molecule has 7 nitrogen and oxygen atoms in total. The first-order valence-corrected chi connectivity index (χ1v) is 8.72. The number of likely N-dealkylation sites (N-methyl/N-ethyl adjacent to an activating group) is 1. The zero-order valence-electron chi connectivity index (χ0n) is 13.4. The van der Waals surface area contributed by atoms with Crippen LogP contribution in [-0.2, 0) is 14.8 Å². The zero-order valence-corrected chi connectivity index (χ0v) is 15.0. The number of carbonyl (C=O) groups excluding carboxylic acids is 2. The Morgan fingerprint density at radius 2 is 1.91 bits per heavy atom. The lowest BCUT2D eigenvalue weighted by molar-refractivity contribution is -0.122. The molecule has 0 saturated heterocycles. The highest BCUT2D eigenvalue weighted by Gasteiger charge is 2.21. The molecule has 0 saturated carbocycles. The number of nitrogens with zero attached hydrogens (tertiary/aromatic N) is 1. The maximum Gasteiger partial charge on any atom is 0.254 e. The Hall–Kier alpha value is -1.64. The van der Waals surface area contributed by atoms with Gasteiger partial charge in [0.25, 0.3) is 5.91 Å². The van der Waals surface area contributed by atoms with E-state index >= 15 is 0 Å². The van der Waals surface area contributed by atoms with Gasteiger partial charge in [-0.25, -0.2) is 13.1 Å². The molecule has 9 heteroatoms. The first-order chi connectivity index (χ1) is 10.6. The van der Waals surface area contributed by atoms with Crippen molar-refractivity contribution in [2.45, 2.75) is 24.8 Å². The maximum absolute atomic E-state index is 12.3. The highest BCUT2D eigenvalue weighted by atomic mass is 35.5. The van der Waals surface area contributed by atoms with Gasteiger partial charge in [0.15, 0.2) is 0 Å². The van der Waals surface area contributed by atoms with Crippen LogP contribution in [0.2, 0.25) is 5.02 Å². The quantitative estimate of drug-likeness (QED) is 0.785. The molecule has 0 unspecified atom stereocenters. The summed E-state index contributed by atoms with van der Waals surface area (Å²) < 4.78 is 25.9. The summed E-state index contributed by atoms with van der Waals surface area (Å²) in [5, 5.41) is 2.68. The van der Waals surface area contributed by atoms with Gasteiger partial charge in [-0.3, -0.25) is 9.59 Å². The summed E-state index contributed by atoms with van der Waals surface area (Å²) in [7, 11) is -1.07. The second kappa shape index (κ2) is 7.76. The molecule has 1 aromatic carbocycles. The van der Waals surface area contributed by atoms with E-state index in [-0.39, 0.29) is 34.0 Å². The van der Waals surface area contributed by atoms with E-state index in [0.717, 1.165) is 0 Å². The molecule has 0 aliphatic heterocycles. The summed E-state index contributed by atoms with van der Waals surface area (Å²) in [6.45, 7) is 3.50. The Morgan fingerprint density at radius 3 is 2.43 bits per heavy atom. The van der Waals surface area contributed by atoms with Crippen LogP contribution in [0.5, 0.6) is 0 Å². The van der Waals surface area contributed by atoms with Gasteiger partial charge >= 0.3 is 0 Å². The fraction of sp³-hybridized carbons (Fsp3) is 0.429. The normalized spacial score (nSPS) is 11.4. The smallest absolute Gasteiger partial charge is 0.254 e. The standard InChI is InChI=1S/C14H20ClN3O4S/c1-9(2)17-13(19)8-18(4)14(20)10-5-6-11(15)12(7-10)23(21,22)16-3/h5-7,9,16H,8H2,1-4H3,(H,17,19). The van der Waals surface area contributed by atoms with Crippen molar-refractivity contribution >= 4 is 33.4 Å². The van der Waals surface area contributed by atoms with E-state index in [4.69, 9.17) is 11.6 Å². The zero-order chi connectivity index (χ0) is 17.8. The Morgan fingerprint density at radius 1 is 1.30 bits per heavy atom. The summed E-state index contributed by atoms with van der Waals surface area (Å²) in [4.78, 5) is 25.0. The number of nitrogens with one attached hydrogen (secondary N) is 2. The molecule has 1 aromatic rings. The van der Waals surface area contributed by atoms with Crippen molar-refractivity contribution in [3.05, 3.63) is 28.8 Å². The molecule has 0 aliphatic rings. The molecule has 0 heterocycles. The summed E-state index contributed by atoms with van der Waals surface area (Å²) in [5.41, 5.74) is 0.128. The van der Waals surface area contributed by atoms with Gasteiger partial charge in [0, 0.05) is 18.7 Å². The molecule has 2 N–H and O–H groups in total. The van der Waals surface area contributed by atoms with Crippen LogP contribution in [0, 0.1) is 0 Å². The van der Waals surface area contributed by atoms with Crippen LogP contribution < -0.4 is 10.0 Å². The molecule has 0 bridgehead atoms. The van der Waals surface area contributed by atoms with Crippen molar-refractivity contribution in [1.82, 2.24) is 14.9 Å². The lowest BCUT2D eigenvalue weighted by Gasteiger charge is -2.18. The minimum Gasteiger partial charge on any atom is -0.352 e. The van der Waals surface area contributed by atoms with E-state index in [1.807, 2.05) is 13.8 Å². The molecule has 0 fully saturated rings. The van der Waals surface area contributed by atoms with Gasteiger partial charge in [-0.05, 0) is 39.1 Å². The highest BCUT2D eigenvalue weighted by Crippen LogP contribution is 2.23. The van der Waals surface area contributed by atoms with Crippen molar-refractivity contribution in [1.29, 1.82) is 0 Å². The average molecular weight is 362 g/mol. The number of rotatable bonds is 6. The number of hydrogen-bond acceptors (Lipinski definition) is 4. The first kappa shape index (κ1) is 19.4. The van der Waals surface area contributed by atoms with Crippen LogP contribution in [0.3, 0.4) is 0 Å². The molecular formula is C14H20ClN3O4S. The Balaban J connectivity index is 3.01. The van der Waals surface area contributed by atoms with Gasteiger partial charge in [0.1, 0.15) is 4.90 Å². The average Bonchev–Trinajstić information content (AvgIpc) is 2.45. The Kier molecular flexibility index (Phi) is 6.55. The number of benzene rings is 1. The van der Waals surface area contributed by atoms with Gasteiger partial charge < -0.3 is 10.2 Å². The second-order valence-corrected chi connectivity index (χ2v) is 7.50. The topological polar surface area (TPSA) is 95.6 Å². The predicted octanol–water partition coefficient (Wildman–Crippen LogP) is 0.845. The second-order valence-electron chi connectivity index (χ2n) is 5.24. The predicted molar refractivity (Wildman–Crippen MR) is 87.9 cm³/mol. The number of hydrogen-bond donors (Lipinski definition) is 2. The van der Waals surface area contributed by atoms with E-state index in [9.17, 15) is 18.0 Å². The fourth-order valence-electron chi connectivity index (χ4n) is 1.83. The van der Waals surface area contributed by atoms with E-state index in [1.165, 1.54) is 37.2 Å². The molecule has 2 amide bonds. The van der Waals surface area contributed by atoms with E-state index in [2.05, 4.69) is 10.0 Å². The Bertz CT molecular complexity index is 704. The van der Waals surface area contributed by atoms with Crippen LogP contribution in [0.15, 0.2) is 23.1 Å². The van der Waals surface area contributed by atoms with Crippen LogP contribution in [0.4, 0.5) is 0 Å². The lowest BCUT2D eigenvalue weighted by Crippen LogP contribution is -2.40. The van der Waals surface area contributed by atoms with Crippen LogP contribution in [-0.4, -0.2) is 51.8 Å². The van der Waals surface area contributed by atoms with E-state index < -0.39 is 15.9 Å². The van der Waals surface area contributed by atoms with Crippen LogP contribution in [0.1, 0.15) is 24.2 Å². The Labute approximate surface area is 141 Å². The molecule has 0 aromatic heterocycles. The number of sulfonamides is 1. The van der Waals surface area contributed by atoms with E-state index in [0.29, 0.717) is 0 Å². The number of carbonyl (C=O) groups is 2. The maximum atomic E-state index is 12.3. The summed E-state index contributed by atoms with van der Waals surface area (Å²) in [5.74, 6) is -0.777. The minimum atomic E-state index is -3.78. The van der Waals surface area contributed by atoms with Crippen LogP contribution in [0.25, 0.3) is 0 Å². The lowest BCUT2D eigenvalue weighted by atomic mass is 10.2. The SMILES string of the molecule is CNS(=O)(=O)c1cc(C(=O)N(C)CC(=O)NC(C)C)ccc1Cl. The monoisotopic (exact) mass is 361 g/mol. The van der Waals surface area contributed by atoms with Gasteiger partial charge in [-0.15, -0.1) is 0 Å². The van der Waals surface area contributed by atoms with Crippen molar-refractivity contribution in [2.24, 2.45) is 0 Å². The highest BCUT2D eigenvalue weighted by molar-refractivity contribution is 7.89. The van der Waals surface area contributed by atoms with Crippen molar-refractivity contribution in [3.8, 4) is 0 Å². The van der Waals surface area contributed by atoms with Crippen molar-refractivity contribution in [2.75, 3.05) is 20.6 Å². The molecule has 0 spiro atoms. The van der Waals surface area contributed by atoms with Gasteiger partial charge in [0.05, 0.1) is 11.6 Å². The molecule has 128 valence electrons. The molecule has 0 radical (unpaired) electrons. The van der Waals surface area contributed by atoms with Crippen LogP contribution >= 0.6 is 11.6 Å². The van der Waals surface area contributed by atoms with E-state index in [1.54, 1.807) is 0 Å².